The average Bonchev–Trinajstić information content (AvgIpc) is 2.87. The number of esters is 1. The zero-order valence-electron chi connectivity index (χ0n) is 18.0. The van der Waals surface area contributed by atoms with Crippen LogP contribution in [0, 0.1) is 28.6 Å². The first kappa shape index (κ1) is 22.1. The molecule has 0 aromatic rings. The molecule has 0 saturated heterocycles. The summed E-state index contributed by atoms with van der Waals surface area (Å²) in [5.41, 5.74) is -7.07. The second-order valence-corrected chi connectivity index (χ2v) is 10.1. The summed E-state index contributed by atoms with van der Waals surface area (Å²) in [7, 11) is 0. The van der Waals surface area contributed by atoms with E-state index in [-0.39, 0.29) is 24.8 Å². The second-order valence-electron chi connectivity index (χ2n) is 10.1. The van der Waals surface area contributed by atoms with Crippen molar-refractivity contribution < 1.29 is 38.1 Å². The summed E-state index contributed by atoms with van der Waals surface area (Å²) in [5.74, 6) is -4.88. The molecule has 0 aromatic heterocycles. The molecule has 0 aromatic carbocycles. The van der Waals surface area contributed by atoms with E-state index in [0.717, 1.165) is 13.0 Å². The van der Waals surface area contributed by atoms with Gasteiger partial charge in [0.25, 0.3) is 0 Å². The molecule has 6 nitrogen and oxygen atoms in total. The lowest BCUT2D eigenvalue weighted by molar-refractivity contribution is -0.236. The fourth-order valence-electron chi connectivity index (χ4n) is 7.47. The van der Waals surface area contributed by atoms with E-state index >= 15 is 8.78 Å². The number of aliphatic hydroxyl groups excluding tert-OH is 1. The van der Waals surface area contributed by atoms with E-state index < -0.39 is 69.9 Å². The smallest absolute Gasteiger partial charge is 0.349 e. The summed E-state index contributed by atoms with van der Waals surface area (Å²) in [6.45, 7) is 5.84. The van der Waals surface area contributed by atoms with Crippen molar-refractivity contribution in [2.24, 2.45) is 28.6 Å². The number of aliphatic carboxylic acids is 1. The van der Waals surface area contributed by atoms with E-state index in [2.05, 4.69) is 0 Å². The summed E-state index contributed by atoms with van der Waals surface area (Å²) >= 11 is 0. The molecule has 8 heteroatoms. The molecule has 170 valence electrons. The first-order valence-corrected chi connectivity index (χ1v) is 10.6. The van der Waals surface area contributed by atoms with Gasteiger partial charge in [-0.15, -0.1) is 0 Å². The van der Waals surface area contributed by atoms with Gasteiger partial charge in [-0.2, -0.15) is 0 Å². The number of hydrogen-bond acceptors (Lipinski definition) is 5. The van der Waals surface area contributed by atoms with E-state index in [1.807, 2.05) is 0 Å². The topological polar surface area (TPSA) is 101 Å². The summed E-state index contributed by atoms with van der Waals surface area (Å²) in [6.07, 6.45) is 0.0600. The van der Waals surface area contributed by atoms with Crippen molar-refractivity contribution in [3.8, 4) is 0 Å². The quantitative estimate of drug-likeness (QED) is 0.643. The minimum absolute atomic E-state index is 0.0110. The number of halogens is 2. The Balaban J connectivity index is 1.89. The Hall–Kier alpha value is -2.09. The molecule has 4 aliphatic carbocycles. The number of allylic oxidation sites excluding steroid dienone is 4. The highest BCUT2D eigenvalue weighted by atomic mass is 19.1. The Labute approximate surface area is 179 Å². The molecule has 0 spiro atoms. The Kier molecular flexibility index (Phi) is 4.61. The molecule has 0 bridgehead atoms. The third-order valence-corrected chi connectivity index (χ3v) is 8.79. The third kappa shape index (κ3) is 2.42. The molecule has 0 aliphatic heterocycles. The van der Waals surface area contributed by atoms with Crippen molar-refractivity contribution in [3.05, 3.63) is 23.8 Å². The fourth-order valence-corrected chi connectivity index (χ4v) is 7.47. The van der Waals surface area contributed by atoms with Gasteiger partial charge >= 0.3 is 11.9 Å². The van der Waals surface area contributed by atoms with Gasteiger partial charge < -0.3 is 14.9 Å². The number of ether oxygens (including phenoxy) is 1. The number of carboxylic acids is 1. The molecular formula is C23H28F2O6. The summed E-state index contributed by atoms with van der Waals surface area (Å²) in [6, 6.07) is 0. The maximum atomic E-state index is 17.0. The van der Waals surface area contributed by atoms with Crippen LogP contribution in [0.3, 0.4) is 0 Å². The van der Waals surface area contributed by atoms with E-state index in [0.29, 0.717) is 0 Å². The van der Waals surface area contributed by atoms with Crippen molar-refractivity contribution in [1.29, 1.82) is 0 Å². The van der Waals surface area contributed by atoms with Crippen LogP contribution >= 0.6 is 0 Å². The predicted molar refractivity (Wildman–Crippen MR) is 105 cm³/mol. The van der Waals surface area contributed by atoms with Crippen LogP contribution in [0.1, 0.15) is 47.0 Å². The molecule has 4 aliphatic rings. The predicted octanol–water partition coefficient (Wildman–Crippen LogP) is 2.94. The van der Waals surface area contributed by atoms with Crippen molar-refractivity contribution in [2.45, 2.75) is 70.5 Å². The summed E-state index contributed by atoms with van der Waals surface area (Å²) < 4.78 is 37.8. The van der Waals surface area contributed by atoms with Crippen LogP contribution in [0.2, 0.25) is 0 Å². The second kappa shape index (κ2) is 6.47. The Morgan fingerprint density at radius 1 is 1.23 bits per heavy atom. The molecular weight excluding hydrogens is 410 g/mol. The number of alkyl halides is 2. The number of hydrogen-bond donors (Lipinski definition) is 2. The van der Waals surface area contributed by atoms with Crippen LogP contribution in [-0.4, -0.2) is 51.5 Å². The van der Waals surface area contributed by atoms with E-state index in [9.17, 15) is 24.6 Å². The standard InChI is InChI=1S/C23H28F2O6/c1-11-7-14-15-9-17(24)16-8-13(27)5-6-20(16,3)22(15,25)18(28)10-21(14,4)23(11,19(29)30)31-12(2)26/h5-6,8,11,14-15,17-18,28H,7,9-10H2,1-4H3,(H,29,30)/t11?,14-,15-,17?,18?,20-,21-,22?,23?/m0/s1. The summed E-state index contributed by atoms with van der Waals surface area (Å²) in [5, 5.41) is 21.4. The minimum atomic E-state index is -2.30. The van der Waals surface area contributed by atoms with Crippen LogP contribution in [-0.2, 0) is 19.1 Å². The van der Waals surface area contributed by atoms with E-state index in [1.165, 1.54) is 19.1 Å². The molecule has 2 N–H and O–H groups in total. The summed E-state index contributed by atoms with van der Waals surface area (Å²) in [4.78, 5) is 36.2. The maximum Gasteiger partial charge on any atom is 0.349 e. The highest BCUT2D eigenvalue weighted by molar-refractivity contribution is 6.01. The van der Waals surface area contributed by atoms with Crippen LogP contribution in [0.15, 0.2) is 23.8 Å². The maximum absolute atomic E-state index is 17.0. The fraction of sp³-hybridized carbons (Fsp3) is 0.696. The highest BCUT2D eigenvalue weighted by Gasteiger charge is 2.78. The van der Waals surface area contributed by atoms with Crippen LogP contribution in [0.25, 0.3) is 0 Å². The molecule has 3 fully saturated rings. The lowest BCUT2D eigenvalue weighted by atomic mass is 9.44. The number of ketones is 1. The zero-order valence-corrected chi connectivity index (χ0v) is 18.0. The molecule has 3 saturated carbocycles. The third-order valence-electron chi connectivity index (χ3n) is 8.79. The number of fused-ring (bicyclic) bond motifs is 5. The SMILES string of the molecule is CC(=O)OC1(C(=O)O)C(C)C[C@H]2[C@@H]3CC(F)C4=CC(=O)C=C[C@]4(C)C3(F)C(O)C[C@@]21C. The molecule has 5 unspecified atom stereocenters. The molecule has 4 rings (SSSR count). The van der Waals surface area contributed by atoms with E-state index in [4.69, 9.17) is 4.74 Å². The van der Waals surface area contributed by atoms with E-state index in [1.54, 1.807) is 13.8 Å². The largest absolute Gasteiger partial charge is 0.478 e. The van der Waals surface area contributed by atoms with Gasteiger partial charge in [0.1, 0.15) is 6.17 Å². The minimum Gasteiger partial charge on any atom is -0.478 e. The Bertz CT molecular complexity index is 929. The van der Waals surface area contributed by atoms with Crippen LogP contribution in [0.5, 0.6) is 0 Å². The van der Waals surface area contributed by atoms with Gasteiger partial charge in [-0.25, -0.2) is 13.6 Å². The lowest BCUT2D eigenvalue weighted by Crippen LogP contribution is -2.70. The van der Waals surface area contributed by atoms with Crippen LogP contribution in [0.4, 0.5) is 8.78 Å². The van der Waals surface area contributed by atoms with Gasteiger partial charge in [0.2, 0.25) is 5.60 Å². The number of carboxylic acid groups (broad SMARTS) is 1. The molecule has 0 radical (unpaired) electrons. The van der Waals surface area contributed by atoms with Crippen molar-refractivity contribution in [2.75, 3.05) is 0 Å². The van der Waals surface area contributed by atoms with Gasteiger partial charge in [-0.05, 0) is 49.8 Å². The van der Waals surface area contributed by atoms with Gasteiger partial charge in [0.05, 0.1) is 6.10 Å². The van der Waals surface area contributed by atoms with Crippen molar-refractivity contribution >= 4 is 17.7 Å². The van der Waals surface area contributed by atoms with Gasteiger partial charge in [-0.3, -0.25) is 9.59 Å². The molecule has 0 amide bonds. The molecule has 0 heterocycles. The lowest BCUT2D eigenvalue weighted by Gasteiger charge is -2.62. The normalized spacial score (nSPS) is 50.7. The Morgan fingerprint density at radius 3 is 2.45 bits per heavy atom. The van der Waals surface area contributed by atoms with Crippen LogP contribution < -0.4 is 0 Å². The first-order valence-electron chi connectivity index (χ1n) is 10.6. The number of rotatable bonds is 2. The highest BCUT2D eigenvalue weighted by Crippen LogP contribution is 2.71. The first-order chi connectivity index (χ1) is 14.3. The van der Waals surface area contributed by atoms with Crippen molar-refractivity contribution in [3.63, 3.8) is 0 Å². The molecule has 31 heavy (non-hydrogen) atoms. The Morgan fingerprint density at radius 2 is 1.87 bits per heavy atom. The number of aliphatic hydroxyl groups is 1. The van der Waals surface area contributed by atoms with Gasteiger partial charge in [0.15, 0.2) is 11.5 Å². The monoisotopic (exact) mass is 438 g/mol. The van der Waals surface area contributed by atoms with Crippen molar-refractivity contribution in [1.82, 2.24) is 0 Å². The average molecular weight is 438 g/mol. The van der Waals surface area contributed by atoms with Gasteiger partial charge in [0, 0.05) is 29.6 Å². The zero-order chi connectivity index (χ0) is 23.1. The van der Waals surface area contributed by atoms with Gasteiger partial charge in [-0.1, -0.05) is 19.9 Å². The number of carbonyl (C=O) groups is 3. The molecule has 9 atom stereocenters. The number of carbonyl (C=O) groups excluding carboxylic acids is 2.